The van der Waals surface area contributed by atoms with Crippen molar-refractivity contribution in [1.29, 1.82) is 0 Å². The minimum Gasteiger partial charge on any atom is -0.370 e. The lowest BCUT2D eigenvalue weighted by Gasteiger charge is -2.28. The molecule has 5 nitrogen and oxygen atoms in total. The Morgan fingerprint density at radius 3 is 1.46 bits per heavy atom. The maximum atomic E-state index is 12.1. The van der Waals surface area contributed by atoms with E-state index < -0.39 is 0 Å². The second kappa shape index (κ2) is 9.70. The maximum Gasteiger partial charge on any atom is 0.314 e. The molecule has 140 valence electrons. The Kier molecular flexibility index (Phi) is 7.33. The number of para-hydroxylation sites is 2. The number of rotatable bonds is 8. The SMILES string of the molecule is C[C@@H](CNC(=O)NC[C@H](C)N(C)c1ccccc1)N(C)c1ccccc1. The number of nitrogens with zero attached hydrogens (tertiary/aromatic N) is 2. The highest BCUT2D eigenvalue weighted by atomic mass is 16.2. The van der Waals surface area contributed by atoms with Crippen molar-refractivity contribution in [1.82, 2.24) is 10.6 Å². The lowest BCUT2D eigenvalue weighted by molar-refractivity contribution is 0.239. The summed E-state index contributed by atoms with van der Waals surface area (Å²) >= 11 is 0. The average Bonchev–Trinajstić information content (AvgIpc) is 2.70. The highest BCUT2D eigenvalue weighted by Gasteiger charge is 2.13. The molecular weight excluding hydrogens is 324 g/mol. The second-order valence-electron chi connectivity index (χ2n) is 6.68. The molecule has 0 fully saturated rings. The third-order valence-electron chi connectivity index (χ3n) is 4.77. The monoisotopic (exact) mass is 354 g/mol. The van der Waals surface area contributed by atoms with Crippen LogP contribution in [0, 0.1) is 0 Å². The zero-order chi connectivity index (χ0) is 18.9. The number of likely N-dealkylation sites (N-methyl/N-ethyl adjacent to an activating group) is 2. The summed E-state index contributed by atoms with van der Waals surface area (Å²) in [4.78, 5) is 16.4. The number of hydrogen-bond acceptors (Lipinski definition) is 3. The van der Waals surface area contributed by atoms with Crippen LogP contribution >= 0.6 is 0 Å². The smallest absolute Gasteiger partial charge is 0.314 e. The summed E-state index contributed by atoms with van der Waals surface area (Å²) < 4.78 is 0. The highest BCUT2D eigenvalue weighted by Crippen LogP contribution is 2.14. The summed E-state index contributed by atoms with van der Waals surface area (Å²) in [5.74, 6) is 0. The van der Waals surface area contributed by atoms with Crippen LogP contribution in [0.2, 0.25) is 0 Å². The number of urea groups is 1. The van der Waals surface area contributed by atoms with Crippen molar-refractivity contribution in [2.24, 2.45) is 0 Å². The van der Waals surface area contributed by atoms with Crippen LogP contribution in [0.1, 0.15) is 13.8 Å². The van der Waals surface area contributed by atoms with Crippen LogP contribution in [0.25, 0.3) is 0 Å². The van der Waals surface area contributed by atoms with Crippen molar-refractivity contribution in [3.8, 4) is 0 Å². The van der Waals surface area contributed by atoms with E-state index in [1.54, 1.807) is 0 Å². The van der Waals surface area contributed by atoms with Gasteiger partial charge in [-0.15, -0.1) is 0 Å². The van der Waals surface area contributed by atoms with E-state index in [0.29, 0.717) is 13.1 Å². The molecule has 0 aliphatic heterocycles. The molecule has 2 amide bonds. The number of carbonyl (C=O) groups excluding carboxylic acids is 1. The van der Waals surface area contributed by atoms with Gasteiger partial charge in [-0.25, -0.2) is 4.79 Å². The van der Waals surface area contributed by atoms with E-state index in [4.69, 9.17) is 0 Å². The summed E-state index contributed by atoms with van der Waals surface area (Å²) in [6, 6.07) is 20.6. The van der Waals surface area contributed by atoms with E-state index in [-0.39, 0.29) is 18.1 Å². The zero-order valence-electron chi connectivity index (χ0n) is 16.1. The standard InChI is InChI=1S/C21H30N4O/c1-17(24(3)19-11-7-5-8-12-19)15-22-21(26)23-16-18(2)25(4)20-13-9-6-10-14-20/h5-14,17-18H,15-16H2,1-4H3,(H2,22,23,26)/t17-,18-/m0/s1. The van der Waals surface area contributed by atoms with E-state index in [9.17, 15) is 4.79 Å². The van der Waals surface area contributed by atoms with Crippen molar-refractivity contribution in [3.05, 3.63) is 60.7 Å². The van der Waals surface area contributed by atoms with Crippen LogP contribution < -0.4 is 20.4 Å². The predicted molar refractivity (Wildman–Crippen MR) is 110 cm³/mol. The van der Waals surface area contributed by atoms with Gasteiger partial charge in [0.05, 0.1) is 0 Å². The lowest BCUT2D eigenvalue weighted by Crippen LogP contribution is -2.47. The quantitative estimate of drug-likeness (QED) is 0.764. The Morgan fingerprint density at radius 1 is 0.769 bits per heavy atom. The van der Waals surface area contributed by atoms with Gasteiger partial charge in [-0.05, 0) is 38.1 Å². The van der Waals surface area contributed by atoms with E-state index in [2.05, 4.69) is 58.5 Å². The molecule has 0 spiro atoms. The summed E-state index contributed by atoms with van der Waals surface area (Å²) in [5, 5.41) is 5.91. The molecule has 2 aromatic carbocycles. The van der Waals surface area contributed by atoms with Gasteiger partial charge in [0, 0.05) is 50.6 Å². The Hall–Kier alpha value is -2.69. The lowest BCUT2D eigenvalue weighted by atomic mass is 10.2. The fraction of sp³-hybridized carbons (Fsp3) is 0.381. The van der Waals surface area contributed by atoms with Crippen LogP contribution in [0.15, 0.2) is 60.7 Å². The Bertz CT molecular complexity index is 605. The van der Waals surface area contributed by atoms with Crippen molar-refractivity contribution in [2.45, 2.75) is 25.9 Å². The molecule has 0 heterocycles. The van der Waals surface area contributed by atoms with Gasteiger partial charge in [0.2, 0.25) is 0 Å². The normalized spacial score (nSPS) is 12.8. The summed E-state index contributed by atoms with van der Waals surface area (Å²) in [6.07, 6.45) is 0. The molecule has 5 heteroatoms. The molecule has 26 heavy (non-hydrogen) atoms. The molecule has 0 saturated heterocycles. The first-order chi connectivity index (χ1) is 12.5. The molecule has 0 aromatic heterocycles. The zero-order valence-corrected chi connectivity index (χ0v) is 16.1. The van der Waals surface area contributed by atoms with Crippen LogP contribution in [0.3, 0.4) is 0 Å². The predicted octanol–water partition coefficient (Wildman–Crippen LogP) is 3.34. The Balaban J connectivity index is 1.73. The van der Waals surface area contributed by atoms with Gasteiger partial charge in [0.15, 0.2) is 0 Å². The van der Waals surface area contributed by atoms with Crippen molar-refractivity contribution in [2.75, 3.05) is 37.0 Å². The maximum absolute atomic E-state index is 12.1. The minimum absolute atomic E-state index is 0.133. The van der Waals surface area contributed by atoms with Gasteiger partial charge in [-0.1, -0.05) is 36.4 Å². The van der Waals surface area contributed by atoms with Crippen LogP contribution in [0.5, 0.6) is 0 Å². The fourth-order valence-electron chi connectivity index (χ4n) is 2.65. The molecule has 0 bridgehead atoms. The first kappa shape index (κ1) is 19.6. The van der Waals surface area contributed by atoms with E-state index in [1.165, 1.54) is 0 Å². The third-order valence-corrected chi connectivity index (χ3v) is 4.77. The first-order valence-electron chi connectivity index (χ1n) is 9.06. The van der Waals surface area contributed by atoms with Gasteiger partial charge in [-0.2, -0.15) is 0 Å². The largest absolute Gasteiger partial charge is 0.370 e. The van der Waals surface area contributed by atoms with Crippen LogP contribution in [0.4, 0.5) is 16.2 Å². The van der Waals surface area contributed by atoms with Crippen LogP contribution in [-0.2, 0) is 0 Å². The molecular formula is C21H30N4O. The molecule has 2 N–H and O–H groups in total. The molecule has 0 unspecified atom stereocenters. The van der Waals surface area contributed by atoms with Gasteiger partial charge in [0.25, 0.3) is 0 Å². The molecule has 2 rings (SSSR count). The van der Waals surface area contributed by atoms with Gasteiger partial charge in [0.1, 0.15) is 0 Å². The van der Waals surface area contributed by atoms with E-state index >= 15 is 0 Å². The third kappa shape index (κ3) is 5.69. The van der Waals surface area contributed by atoms with E-state index in [1.807, 2.05) is 50.5 Å². The number of amides is 2. The Labute approximate surface area is 157 Å². The number of hydrogen-bond donors (Lipinski definition) is 2. The summed E-state index contributed by atoms with van der Waals surface area (Å²) in [6.45, 7) is 5.36. The topological polar surface area (TPSA) is 47.6 Å². The average molecular weight is 354 g/mol. The minimum atomic E-state index is -0.133. The van der Waals surface area contributed by atoms with Crippen molar-refractivity contribution >= 4 is 17.4 Å². The Morgan fingerprint density at radius 2 is 1.12 bits per heavy atom. The molecule has 0 aliphatic rings. The number of carbonyl (C=O) groups is 1. The molecule has 2 atom stereocenters. The van der Waals surface area contributed by atoms with E-state index in [0.717, 1.165) is 11.4 Å². The summed E-state index contributed by atoms with van der Waals surface area (Å²) in [5.41, 5.74) is 2.28. The molecule has 0 saturated carbocycles. The van der Waals surface area contributed by atoms with Crippen molar-refractivity contribution < 1.29 is 4.79 Å². The number of nitrogens with one attached hydrogen (secondary N) is 2. The van der Waals surface area contributed by atoms with Gasteiger partial charge < -0.3 is 20.4 Å². The summed E-state index contributed by atoms with van der Waals surface area (Å²) in [7, 11) is 4.08. The second-order valence-corrected chi connectivity index (χ2v) is 6.68. The fourth-order valence-corrected chi connectivity index (χ4v) is 2.65. The van der Waals surface area contributed by atoms with Gasteiger partial charge in [-0.3, -0.25) is 0 Å². The molecule has 2 aromatic rings. The molecule has 0 radical (unpaired) electrons. The number of anilines is 2. The number of benzene rings is 2. The van der Waals surface area contributed by atoms with Crippen LogP contribution in [-0.4, -0.2) is 45.3 Å². The van der Waals surface area contributed by atoms with Crippen molar-refractivity contribution in [3.63, 3.8) is 0 Å². The highest BCUT2D eigenvalue weighted by molar-refractivity contribution is 5.74. The molecule has 0 aliphatic carbocycles. The first-order valence-corrected chi connectivity index (χ1v) is 9.06. The van der Waals surface area contributed by atoms with Gasteiger partial charge >= 0.3 is 6.03 Å².